The molecule has 0 heterocycles. The molecule has 0 aliphatic heterocycles. The third-order valence-electron chi connectivity index (χ3n) is 13.1. The van der Waals surface area contributed by atoms with Gasteiger partial charge in [-0.1, -0.05) is 185 Å². The number of ketones is 3. The summed E-state index contributed by atoms with van der Waals surface area (Å²) in [5.41, 5.74) is 0. The van der Waals surface area contributed by atoms with Gasteiger partial charge in [0, 0.05) is 95.2 Å². The number of aliphatic hydroxyl groups excluding tert-OH is 1. The molecule has 0 atom stereocenters. The van der Waals surface area contributed by atoms with Crippen molar-refractivity contribution in [1.29, 1.82) is 0 Å². The average molecular weight is 1520 g/mol. The number of carbonyl (C=O) groups excluding carboxylic acids is 6. The van der Waals surface area contributed by atoms with E-state index in [-0.39, 0.29) is 104 Å². The van der Waals surface area contributed by atoms with Crippen LogP contribution in [0.5, 0.6) is 0 Å². The molecule has 0 unspecified atom stereocenters. The number of allylic oxidation sites excluding steroid dienone is 2. The van der Waals surface area contributed by atoms with Crippen molar-refractivity contribution in [2.45, 2.75) is 265 Å². The zero-order valence-electron chi connectivity index (χ0n) is 60.2. The molecule has 0 aromatic heterocycles. The van der Waals surface area contributed by atoms with Crippen LogP contribution in [-0.2, 0) is 61.9 Å². The second-order valence-corrected chi connectivity index (χ2v) is 26.4. The number of thioether (sulfide) groups is 1. The summed E-state index contributed by atoms with van der Waals surface area (Å²) in [7, 11) is 0. The smallest absolute Gasteiger partial charge is 1.00 e. The Morgan fingerprint density at radius 1 is 0.400 bits per heavy atom. The molecule has 0 aliphatic carbocycles. The van der Waals surface area contributed by atoms with Crippen LogP contribution in [0, 0.1) is 0 Å². The Morgan fingerprint density at radius 2 is 0.642 bits per heavy atom. The summed E-state index contributed by atoms with van der Waals surface area (Å²) >= 11 is 35.3. The second-order valence-electron chi connectivity index (χ2n) is 22.1. The molecule has 0 saturated heterocycles. The normalized spacial score (nSPS) is 10.3. The molecule has 0 spiro atoms. The number of Topliss-reactive ketones (excluding diaryl/α,β-unsaturated/α-hetero) is 3. The number of unbranched alkanes of at least 4 members (excludes halogenated alkanes) is 30. The molecule has 14 nitrogen and oxygen atoms in total. The predicted octanol–water partition coefficient (Wildman–Crippen LogP) is 17.1. The maximum Gasteiger partial charge on any atom is 1.00 e. The maximum absolute atomic E-state index is 11.2. The van der Waals surface area contributed by atoms with E-state index in [1.54, 1.807) is 6.92 Å². The van der Waals surface area contributed by atoms with Gasteiger partial charge in [-0.25, -0.2) is 0 Å². The van der Waals surface area contributed by atoms with Crippen LogP contribution in [0.25, 0.3) is 0 Å². The van der Waals surface area contributed by atoms with Crippen LogP contribution in [0.4, 0.5) is 0 Å². The molecule has 0 amide bonds. The Balaban J connectivity index is -0.000000143. The molecule has 0 aromatic rings. The van der Waals surface area contributed by atoms with Gasteiger partial charge in [0.2, 0.25) is 5.24 Å². The fraction of sp³-hybridized carbons (Fsp3) is 0.861. The molecular weight excluding hydrogens is 1390 g/mol. The van der Waals surface area contributed by atoms with Crippen molar-refractivity contribution in [1.82, 2.24) is 0 Å². The number of alkyl halides is 4. The SMILES string of the molecule is C.C=CCCCCCCCCCOCCO.C=CCCCCCCCCCOCCOCC(=O)CCCl.CC(=O)S.CC(=O)SCCCCCCCCCCCOCCOCC(=O)CCCl.O=C(CCCl)COCCOCCCCCCCCCCCS.O=C(Cl)CCCl.[H-].[Na+]. The van der Waals surface area contributed by atoms with E-state index in [1.165, 1.54) is 192 Å². The van der Waals surface area contributed by atoms with E-state index in [0.717, 1.165) is 82.9 Å². The minimum Gasteiger partial charge on any atom is -1.00 e. The van der Waals surface area contributed by atoms with Crippen LogP contribution >= 0.6 is 95.0 Å². The zero-order valence-corrected chi connectivity index (χ0v) is 67.6. The summed E-state index contributed by atoms with van der Waals surface area (Å²) < 4.78 is 37.2. The third kappa shape index (κ3) is 135. The van der Waals surface area contributed by atoms with Gasteiger partial charge in [-0.2, -0.15) is 12.6 Å². The molecule has 23 heteroatoms. The predicted molar refractivity (Wildman–Crippen MR) is 412 cm³/mol. The second kappa shape index (κ2) is 108. The minimum absolute atomic E-state index is 0. The van der Waals surface area contributed by atoms with E-state index >= 15 is 0 Å². The van der Waals surface area contributed by atoms with Crippen LogP contribution in [0.1, 0.15) is 267 Å². The molecule has 1 N–H and O–H groups in total. The number of halogens is 5. The van der Waals surface area contributed by atoms with Crippen LogP contribution in [-0.4, -0.2) is 172 Å². The number of carbonyl (C=O) groups is 6. The molecule has 0 rings (SSSR count). The average Bonchev–Trinajstić information content (AvgIpc) is 3.74. The Morgan fingerprint density at radius 3 is 0.874 bits per heavy atom. The van der Waals surface area contributed by atoms with Crippen molar-refractivity contribution in [3.8, 4) is 0 Å². The van der Waals surface area contributed by atoms with Gasteiger partial charge in [0.05, 0.1) is 52.9 Å². The van der Waals surface area contributed by atoms with Gasteiger partial charge in [0.25, 0.3) is 0 Å². The third-order valence-corrected chi connectivity index (χ3v) is 15.3. The van der Waals surface area contributed by atoms with Gasteiger partial charge in [-0.05, 0) is 81.6 Å². The fourth-order valence-corrected chi connectivity index (χ4v) is 9.91. The molecule has 0 saturated carbocycles. The monoisotopic (exact) mass is 1520 g/mol. The largest absolute Gasteiger partial charge is 1.00 e. The van der Waals surface area contributed by atoms with Crippen molar-refractivity contribution in [3.05, 3.63) is 25.3 Å². The summed E-state index contributed by atoms with van der Waals surface area (Å²) in [6.45, 7) is 17.8. The summed E-state index contributed by atoms with van der Waals surface area (Å²) in [5.74, 6) is 3.57. The standard InChI is InChI=1S/C19H35ClO4S.C17H33ClO3S.C17H31ClO3.C13H26O2.C3H4Cl2O.C2H4OS.CH4.Na.H/c1-18(21)25-16-10-8-6-4-2-3-5-7-9-13-23-14-15-24-17-19(22)11-12-20;18-11-10-17(19)16-21-14-13-20-12-8-6-4-2-1-3-5-7-9-15-22;1-2-3-4-5-6-7-8-9-10-13-20-14-15-21-16-17(19)11-12-18;1-2-3-4-5-6-7-8-9-10-12-15-13-11-14;4-2-1-3(5)6;1-2(3)4;;;/h2-17H2,1H3;22H,1-16H2;2H,1,3-16H2;2,14H,1,3-13H2;1-2H2;1H3,(H,3,4);1H4;;/q;;;;;;;+1;-1. The fourth-order valence-electron chi connectivity index (χ4n) is 8.06. The van der Waals surface area contributed by atoms with Gasteiger partial charge in [-0.15, -0.1) is 72.2 Å². The zero-order chi connectivity index (χ0) is 70.3. The van der Waals surface area contributed by atoms with E-state index in [1.807, 2.05) is 12.2 Å². The molecule has 0 aromatic carbocycles. The van der Waals surface area contributed by atoms with Crippen LogP contribution in [0.15, 0.2) is 25.3 Å². The van der Waals surface area contributed by atoms with Gasteiger partial charge >= 0.3 is 29.6 Å². The molecule has 0 bridgehead atoms. The minimum atomic E-state index is -0.370. The van der Waals surface area contributed by atoms with Crippen LogP contribution in [0.3, 0.4) is 0 Å². The van der Waals surface area contributed by atoms with E-state index < -0.39 is 0 Å². The summed E-state index contributed by atoms with van der Waals surface area (Å²) in [4.78, 5) is 63.2. The van der Waals surface area contributed by atoms with E-state index in [4.69, 9.17) is 96.3 Å². The summed E-state index contributed by atoms with van der Waals surface area (Å²) in [6, 6.07) is 0. The first-order chi connectivity index (χ1) is 45.2. The Hall–Kier alpha value is 0.680. The Labute approximate surface area is 645 Å². The van der Waals surface area contributed by atoms with Crippen LogP contribution in [0.2, 0.25) is 0 Å². The number of thiol groups is 2. The molecule has 0 fully saturated rings. The molecule has 0 aliphatic rings. The van der Waals surface area contributed by atoms with Crippen LogP contribution < -0.4 is 29.6 Å². The first kappa shape index (κ1) is 112. The van der Waals surface area contributed by atoms with Gasteiger partial charge in [0.1, 0.15) is 19.8 Å². The molecular formula is C72H138Cl5NaO14S3. The van der Waals surface area contributed by atoms with Gasteiger partial charge in [0.15, 0.2) is 27.6 Å². The molecule has 0 radical (unpaired) electrons. The number of aliphatic hydroxyl groups is 1. The number of ether oxygens (including phenoxy) is 7. The van der Waals surface area contributed by atoms with E-state index in [0.29, 0.717) is 89.0 Å². The van der Waals surface area contributed by atoms with E-state index in [9.17, 15) is 28.8 Å². The topological polar surface area (TPSA) is 187 Å². The number of rotatable bonds is 68. The number of hydrogen-bond acceptors (Lipinski definition) is 16. The quantitative estimate of drug-likeness (QED) is 0.0130. The summed E-state index contributed by atoms with van der Waals surface area (Å²) in [6.07, 6.45) is 48.5. The Kier molecular flexibility index (Phi) is 127. The molecule has 564 valence electrons. The van der Waals surface area contributed by atoms with Gasteiger partial charge in [-0.3, -0.25) is 28.8 Å². The first-order valence-electron chi connectivity index (χ1n) is 35.0. The maximum atomic E-state index is 11.2. The Bertz CT molecular complexity index is 1560. The summed E-state index contributed by atoms with van der Waals surface area (Å²) in [5, 5.41) is 8.20. The molecule has 95 heavy (non-hydrogen) atoms. The number of hydrogen-bond donors (Lipinski definition) is 3. The van der Waals surface area contributed by atoms with Gasteiger partial charge < -0.3 is 39.7 Å². The van der Waals surface area contributed by atoms with E-state index in [2.05, 4.69) is 38.4 Å². The van der Waals surface area contributed by atoms with Crippen molar-refractivity contribution < 1.29 is 98.0 Å². The first-order valence-corrected chi connectivity index (χ1v) is 39.6. The van der Waals surface area contributed by atoms with Crippen molar-refractivity contribution in [2.24, 2.45) is 0 Å². The van der Waals surface area contributed by atoms with Crippen molar-refractivity contribution >= 4 is 128 Å². The van der Waals surface area contributed by atoms with Crippen molar-refractivity contribution in [2.75, 3.05) is 134 Å². The van der Waals surface area contributed by atoms with Crippen molar-refractivity contribution in [3.63, 3.8) is 0 Å².